The number of unbranched alkanes of at least 4 members (excludes halogenated alkanes) is 6. The first kappa shape index (κ1) is 52.9. The van der Waals surface area contributed by atoms with Gasteiger partial charge >= 0.3 is 5.97 Å². The molecule has 0 amide bonds. The van der Waals surface area contributed by atoms with E-state index in [0.29, 0.717) is 40.9 Å². The number of carbonyl (C=O) groups is 2. The Morgan fingerprint density at radius 2 is 1.15 bits per heavy atom. The minimum atomic E-state index is -0.371. The van der Waals surface area contributed by atoms with E-state index in [0.717, 1.165) is 114 Å². The highest BCUT2D eigenvalue weighted by atomic mass is 16.5. The lowest BCUT2D eigenvalue weighted by Gasteiger charge is -2.37. The summed E-state index contributed by atoms with van der Waals surface area (Å²) in [5.74, 6) is 2.84. The average Bonchev–Trinajstić information content (AvgIpc) is 3.59. The quantitative estimate of drug-likeness (QED) is 0.0333. The van der Waals surface area contributed by atoms with Crippen LogP contribution in [0.3, 0.4) is 0 Å². The minimum Gasteiger partial charge on any atom is -0.497 e. The van der Waals surface area contributed by atoms with E-state index < -0.39 is 0 Å². The number of esters is 1. The van der Waals surface area contributed by atoms with Gasteiger partial charge in [-0.05, 0) is 134 Å². The van der Waals surface area contributed by atoms with Crippen LogP contribution in [0, 0.1) is 10.8 Å². The summed E-state index contributed by atoms with van der Waals surface area (Å²) >= 11 is 0. The lowest BCUT2D eigenvalue weighted by atomic mass is 9.85. The number of carbonyl (C=O) groups excluding carboxylic acids is 2. The molecule has 1 unspecified atom stereocenters. The third kappa shape index (κ3) is 17.2. The van der Waals surface area contributed by atoms with Crippen LogP contribution >= 0.6 is 0 Å². The maximum absolute atomic E-state index is 12.7. The Labute approximate surface area is 389 Å². The van der Waals surface area contributed by atoms with Crippen LogP contribution in [0.15, 0.2) is 84.9 Å². The van der Waals surface area contributed by atoms with Crippen LogP contribution in [0.25, 0.3) is 11.1 Å². The second-order valence-corrected chi connectivity index (χ2v) is 17.6. The molecule has 4 aromatic rings. The molecule has 3 aliphatic rings. The van der Waals surface area contributed by atoms with Gasteiger partial charge in [0, 0.05) is 42.1 Å². The van der Waals surface area contributed by atoms with Gasteiger partial charge < -0.3 is 38.3 Å². The Kier molecular flexibility index (Phi) is 23.0. The maximum Gasteiger partial charge on any atom is 0.343 e. The van der Waals surface area contributed by atoms with Gasteiger partial charge in [-0.1, -0.05) is 79.4 Å². The zero-order valence-corrected chi connectivity index (χ0v) is 40.3. The van der Waals surface area contributed by atoms with Crippen LogP contribution in [0.2, 0.25) is 0 Å². The highest BCUT2D eigenvalue weighted by molar-refractivity contribution is 5.91. The highest BCUT2D eigenvalue weighted by Crippen LogP contribution is 2.47. The van der Waals surface area contributed by atoms with Crippen LogP contribution in [0.5, 0.6) is 23.0 Å². The maximum atomic E-state index is 12.7. The van der Waals surface area contributed by atoms with Crippen LogP contribution < -0.4 is 18.9 Å². The van der Waals surface area contributed by atoms with E-state index >= 15 is 0 Å². The second-order valence-electron chi connectivity index (χ2n) is 17.6. The number of aliphatic hydroxyl groups is 1. The molecule has 10 heteroatoms. The summed E-state index contributed by atoms with van der Waals surface area (Å²) in [4.78, 5) is 23.2. The number of fused-ring (bicyclic) bond motifs is 3. The predicted octanol–water partition coefficient (Wildman–Crippen LogP) is 12.3. The van der Waals surface area contributed by atoms with Gasteiger partial charge in [0.25, 0.3) is 0 Å². The number of benzene rings is 4. The molecule has 356 valence electrons. The topological polar surface area (TPSA) is 119 Å². The number of aliphatic hydroxyl groups excluding tert-OH is 1. The van der Waals surface area contributed by atoms with E-state index in [1.165, 1.54) is 42.4 Å². The van der Waals surface area contributed by atoms with Gasteiger partial charge in [0.15, 0.2) is 0 Å². The molecule has 10 nitrogen and oxygen atoms in total. The zero-order chi connectivity index (χ0) is 46.9. The van der Waals surface area contributed by atoms with E-state index in [4.69, 9.17) is 38.3 Å². The average molecular weight is 897 g/mol. The molecule has 4 aromatic carbocycles. The molecule has 1 N–H and O–H groups in total. The molecule has 0 aromatic heterocycles. The number of rotatable bonds is 23. The number of hydrogen-bond acceptors (Lipinski definition) is 10. The standard InChI is InChI=1S/C28H30O4.C19H28O4.C6H12O2.C2H6/c1-4-5-6-7-16-31-21-10-8-20(9-11-21)28(29)32-23-13-15-25-24-14-12-22(30-3)17-26(24)19(2)27(25)18-23;1-19(15-22-16-19)10-13-21-11-4-2-3-5-12-23-18-8-6-17(14-20)7-9-18;1-6(2-3-7)4-8-5-6;1-2/h8-15,17-19H,4-7,16H2,1-3H3;6-9,14H,2-5,10-13,15-16H2,1H3;7H,2-5H2,1H3;1-2H3. The van der Waals surface area contributed by atoms with Gasteiger partial charge in [0.2, 0.25) is 0 Å². The van der Waals surface area contributed by atoms with Gasteiger partial charge in [-0.15, -0.1) is 0 Å². The molecule has 1 aliphatic carbocycles. The molecule has 0 saturated carbocycles. The van der Waals surface area contributed by atoms with Crippen molar-refractivity contribution in [3.63, 3.8) is 0 Å². The first-order valence-electron chi connectivity index (χ1n) is 23.9. The number of hydrogen-bond donors (Lipinski definition) is 1. The van der Waals surface area contributed by atoms with Crippen LogP contribution in [-0.2, 0) is 14.2 Å². The molecule has 2 aliphatic heterocycles. The van der Waals surface area contributed by atoms with Crippen molar-refractivity contribution in [2.45, 2.75) is 112 Å². The summed E-state index contributed by atoms with van der Waals surface area (Å²) in [5.41, 5.74) is 6.61. The van der Waals surface area contributed by atoms with E-state index in [1.54, 1.807) is 31.4 Å². The number of aldehydes is 1. The Morgan fingerprint density at radius 1 is 0.662 bits per heavy atom. The Balaban J connectivity index is 0.000000243. The molecule has 0 bridgehead atoms. The van der Waals surface area contributed by atoms with Crippen LogP contribution in [0.1, 0.15) is 144 Å². The zero-order valence-electron chi connectivity index (χ0n) is 40.3. The lowest BCUT2D eigenvalue weighted by Crippen LogP contribution is -2.40. The summed E-state index contributed by atoms with van der Waals surface area (Å²) in [7, 11) is 1.68. The number of methoxy groups -OCH3 is 1. The molecule has 1 atom stereocenters. The fourth-order valence-electron chi connectivity index (χ4n) is 7.59. The van der Waals surface area contributed by atoms with Crippen molar-refractivity contribution in [2.24, 2.45) is 10.8 Å². The Bertz CT molecular complexity index is 1970. The van der Waals surface area contributed by atoms with E-state index in [1.807, 2.05) is 62.4 Å². The molecular formula is C55H76O10. The third-order valence-corrected chi connectivity index (χ3v) is 11.9. The molecular weight excluding hydrogens is 821 g/mol. The van der Waals surface area contributed by atoms with Crippen LogP contribution in [-0.4, -0.2) is 83.9 Å². The van der Waals surface area contributed by atoms with Crippen molar-refractivity contribution >= 4 is 12.3 Å². The molecule has 2 saturated heterocycles. The summed E-state index contributed by atoms with van der Waals surface area (Å²) in [6.07, 6.45) is 12.0. The molecule has 2 heterocycles. The molecule has 7 rings (SSSR count). The van der Waals surface area contributed by atoms with E-state index in [-0.39, 0.29) is 11.9 Å². The number of ether oxygens (including phenoxy) is 7. The van der Waals surface area contributed by atoms with Crippen molar-refractivity contribution in [3.8, 4) is 34.1 Å². The van der Waals surface area contributed by atoms with Crippen LogP contribution in [0.4, 0.5) is 0 Å². The predicted molar refractivity (Wildman–Crippen MR) is 259 cm³/mol. The van der Waals surface area contributed by atoms with E-state index in [9.17, 15) is 9.59 Å². The Morgan fingerprint density at radius 3 is 1.65 bits per heavy atom. The first-order valence-corrected chi connectivity index (χ1v) is 23.9. The Hall–Kier alpha value is -4.74. The third-order valence-electron chi connectivity index (χ3n) is 11.9. The lowest BCUT2D eigenvalue weighted by molar-refractivity contribution is -0.114. The van der Waals surface area contributed by atoms with Crippen molar-refractivity contribution < 1.29 is 47.9 Å². The SMILES string of the molecule is CC.CC1(CCO)COC1.CC1(CCOCCCCCCOc2ccc(C=O)cc2)COC1.CCCCCCOc1ccc(C(=O)Oc2ccc3c(c2)C(C)c2cc(OC)ccc2-3)cc1. The normalized spacial score (nSPS) is 15.6. The van der Waals surface area contributed by atoms with Gasteiger partial charge in [0.1, 0.15) is 29.3 Å². The van der Waals surface area contributed by atoms with Crippen molar-refractivity contribution in [1.82, 2.24) is 0 Å². The summed E-state index contributed by atoms with van der Waals surface area (Å²) in [6, 6.07) is 26.4. The molecule has 0 spiro atoms. The summed E-state index contributed by atoms with van der Waals surface area (Å²) < 4.78 is 38.4. The van der Waals surface area contributed by atoms with E-state index in [2.05, 4.69) is 39.8 Å². The van der Waals surface area contributed by atoms with Gasteiger partial charge in [-0.2, -0.15) is 0 Å². The highest BCUT2D eigenvalue weighted by Gasteiger charge is 2.33. The minimum absolute atomic E-state index is 0.211. The van der Waals surface area contributed by atoms with Crippen molar-refractivity contribution in [1.29, 1.82) is 0 Å². The summed E-state index contributed by atoms with van der Waals surface area (Å²) in [6.45, 7) is 19.6. The van der Waals surface area contributed by atoms with Gasteiger partial charge in [-0.3, -0.25) is 4.79 Å². The first-order chi connectivity index (χ1) is 31.6. The van der Waals surface area contributed by atoms with Gasteiger partial charge in [0.05, 0.1) is 52.3 Å². The fourth-order valence-corrected chi connectivity index (χ4v) is 7.59. The second kappa shape index (κ2) is 28.3. The largest absolute Gasteiger partial charge is 0.497 e. The van der Waals surface area contributed by atoms with Gasteiger partial charge in [-0.25, -0.2) is 4.79 Å². The monoisotopic (exact) mass is 897 g/mol. The molecule has 0 radical (unpaired) electrons. The molecule has 2 fully saturated rings. The van der Waals surface area contributed by atoms with Crippen molar-refractivity contribution in [3.05, 3.63) is 107 Å². The summed E-state index contributed by atoms with van der Waals surface area (Å²) in [5, 5.41) is 8.51. The molecule has 65 heavy (non-hydrogen) atoms. The van der Waals surface area contributed by atoms with Crippen molar-refractivity contribution in [2.75, 3.05) is 66.6 Å². The fraction of sp³-hybridized carbons (Fsp3) is 0.527. The smallest absolute Gasteiger partial charge is 0.343 e.